The smallest absolute Gasteiger partial charge is 0.226 e. The molecule has 2 aromatic carbocycles. The number of aryl methyl sites for hydroxylation is 2. The fourth-order valence-corrected chi connectivity index (χ4v) is 4.02. The summed E-state index contributed by atoms with van der Waals surface area (Å²) in [5.74, 6) is 0.112. The summed E-state index contributed by atoms with van der Waals surface area (Å²) in [5.41, 5.74) is 5.79. The van der Waals surface area contributed by atoms with Crippen molar-refractivity contribution in [2.75, 3.05) is 19.8 Å². The van der Waals surface area contributed by atoms with E-state index in [4.69, 9.17) is 4.74 Å². The molecule has 0 aliphatic carbocycles. The van der Waals surface area contributed by atoms with Crippen LogP contribution in [0.1, 0.15) is 29.5 Å². The Labute approximate surface area is 162 Å². The third-order valence-corrected chi connectivity index (χ3v) is 5.56. The second-order valence-electron chi connectivity index (χ2n) is 7.54. The molecule has 3 heteroatoms. The van der Waals surface area contributed by atoms with Crippen LogP contribution in [0.25, 0.3) is 11.1 Å². The summed E-state index contributed by atoms with van der Waals surface area (Å²) in [5, 5.41) is 3.03. The van der Waals surface area contributed by atoms with Crippen LogP contribution in [0.2, 0.25) is 0 Å². The van der Waals surface area contributed by atoms with Crippen molar-refractivity contribution in [2.24, 2.45) is 5.41 Å². The predicted octanol–water partition coefficient (Wildman–Crippen LogP) is 4.61. The molecule has 0 atom stereocenters. The molecule has 27 heavy (non-hydrogen) atoms. The summed E-state index contributed by atoms with van der Waals surface area (Å²) in [6, 6.07) is 15.0. The van der Waals surface area contributed by atoms with Crippen molar-refractivity contribution in [3.8, 4) is 11.1 Å². The Bertz CT molecular complexity index is 819. The predicted molar refractivity (Wildman–Crippen MR) is 111 cm³/mol. The summed E-state index contributed by atoms with van der Waals surface area (Å²) >= 11 is 0. The number of carbonyl (C=O) groups is 1. The summed E-state index contributed by atoms with van der Waals surface area (Å²) in [4.78, 5) is 13.0. The molecule has 0 aromatic heterocycles. The molecule has 0 spiro atoms. The molecule has 3 nitrogen and oxygen atoms in total. The number of hydrogen-bond acceptors (Lipinski definition) is 2. The SMILES string of the molecule is C=CCNC(=O)C1(Cc2ccccc2-c2ccc(C)cc2C)CCOCC1. The molecular formula is C24H29NO2. The molecular weight excluding hydrogens is 334 g/mol. The number of nitrogens with one attached hydrogen (secondary N) is 1. The molecule has 0 bridgehead atoms. The van der Waals surface area contributed by atoms with Crippen molar-refractivity contribution < 1.29 is 9.53 Å². The van der Waals surface area contributed by atoms with Gasteiger partial charge in [0.15, 0.2) is 0 Å². The molecule has 3 rings (SSSR count). The minimum absolute atomic E-state index is 0.112. The normalized spacial score (nSPS) is 15.9. The maximum Gasteiger partial charge on any atom is 0.226 e. The van der Waals surface area contributed by atoms with Gasteiger partial charge in [0, 0.05) is 19.8 Å². The minimum Gasteiger partial charge on any atom is -0.381 e. The average Bonchev–Trinajstić information content (AvgIpc) is 2.67. The summed E-state index contributed by atoms with van der Waals surface area (Å²) in [7, 11) is 0. The molecule has 0 unspecified atom stereocenters. The monoisotopic (exact) mass is 363 g/mol. The first-order valence-electron chi connectivity index (χ1n) is 9.68. The fourth-order valence-electron chi connectivity index (χ4n) is 4.02. The van der Waals surface area contributed by atoms with E-state index in [1.165, 1.54) is 27.8 Å². The molecule has 142 valence electrons. The van der Waals surface area contributed by atoms with Gasteiger partial charge in [-0.05, 0) is 55.4 Å². The third-order valence-electron chi connectivity index (χ3n) is 5.56. The van der Waals surface area contributed by atoms with Crippen LogP contribution in [0.3, 0.4) is 0 Å². The zero-order valence-electron chi connectivity index (χ0n) is 16.4. The van der Waals surface area contributed by atoms with Gasteiger partial charge < -0.3 is 10.1 Å². The molecule has 0 saturated carbocycles. The molecule has 1 aliphatic heterocycles. The van der Waals surface area contributed by atoms with E-state index in [0.29, 0.717) is 19.8 Å². The van der Waals surface area contributed by atoms with Crippen LogP contribution in [-0.4, -0.2) is 25.7 Å². The lowest BCUT2D eigenvalue weighted by atomic mass is 9.73. The number of hydrogen-bond donors (Lipinski definition) is 1. The lowest BCUT2D eigenvalue weighted by molar-refractivity contribution is -0.136. The number of ether oxygens (including phenoxy) is 1. The number of rotatable bonds is 6. The topological polar surface area (TPSA) is 38.3 Å². The van der Waals surface area contributed by atoms with Crippen molar-refractivity contribution in [2.45, 2.75) is 33.1 Å². The molecule has 1 fully saturated rings. The Morgan fingerprint density at radius 3 is 2.59 bits per heavy atom. The van der Waals surface area contributed by atoms with Crippen molar-refractivity contribution in [3.05, 3.63) is 71.8 Å². The van der Waals surface area contributed by atoms with Gasteiger partial charge in [-0.3, -0.25) is 4.79 Å². The van der Waals surface area contributed by atoms with E-state index in [1.807, 2.05) is 0 Å². The molecule has 1 N–H and O–H groups in total. The Balaban J connectivity index is 1.97. The summed E-state index contributed by atoms with van der Waals surface area (Å²) < 4.78 is 5.56. The highest BCUT2D eigenvalue weighted by molar-refractivity contribution is 5.84. The Kier molecular flexibility index (Phi) is 6.12. The van der Waals surface area contributed by atoms with Gasteiger partial charge in [-0.15, -0.1) is 6.58 Å². The van der Waals surface area contributed by atoms with Crippen LogP contribution in [0.15, 0.2) is 55.1 Å². The lowest BCUT2D eigenvalue weighted by Crippen LogP contribution is -2.46. The van der Waals surface area contributed by atoms with Gasteiger partial charge in [0.25, 0.3) is 0 Å². The van der Waals surface area contributed by atoms with Crippen LogP contribution < -0.4 is 5.32 Å². The molecule has 1 saturated heterocycles. The van der Waals surface area contributed by atoms with E-state index in [-0.39, 0.29) is 5.91 Å². The average molecular weight is 364 g/mol. The van der Waals surface area contributed by atoms with Gasteiger partial charge in [-0.1, -0.05) is 54.1 Å². The summed E-state index contributed by atoms with van der Waals surface area (Å²) in [6.45, 7) is 9.75. The standard InChI is InChI=1S/C24H29NO2/c1-4-13-25-23(26)24(11-14-27-15-12-24)17-20-7-5-6-8-22(20)21-10-9-18(2)16-19(21)3/h4-10,16H,1,11-15,17H2,2-3H3,(H,25,26). The van der Waals surface area contributed by atoms with Crippen LogP contribution in [0.4, 0.5) is 0 Å². The second kappa shape index (κ2) is 8.53. The minimum atomic E-state index is -0.421. The Morgan fingerprint density at radius 2 is 1.89 bits per heavy atom. The van der Waals surface area contributed by atoms with Crippen LogP contribution in [0, 0.1) is 19.3 Å². The van der Waals surface area contributed by atoms with E-state index >= 15 is 0 Å². The van der Waals surface area contributed by atoms with E-state index in [0.717, 1.165) is 19.3 Å². The zero-order valence-corrected chi connectivity index (χ0v) is 16.4. The van der Waals surface area contributed by atoms with Gasteiger partial charge in [-0.25, -0.2) is 0 Å². The van der Waals surface area contributed by atoms with Crippen molar-refractivity contribution in [3.63, 3.8) is 0 Å². The third kappa shape index (κ3) is 4.30. The zero-order chi connectivity index (χ0) is 19.3. The van der Waals surface area contributed by atoms with Crippen LogP contribution >= 0.6 is 0 Å². The maximum atomic E-state index is 13.0. The first-order valence-corrected chi connectivity index (χ1v) is 9.68. The van der Waals surface area contributed by atoms with E-state index in [2.05, 4.69) is 68.2 Å². The maximum absolute atomic E-state index is 13.0. The van der Waals surface area contributed by atoms with Gasteiger partial charge in [0.05, 0.1) is 5.41 Å². The van der Waals surface area contributed by atoms with E-state index < -0.39 is 5.41 Å². The van der Waals surface area contributed by atoms with Gasteiger partial charge in [-0.2, -0.15) is 0 Å². The highest BCUT2D eigenvalue weighted by Crippen LogP contribution is 2.38. The first-order chi connectivity index (χ1) is 13.1. The fraction of sp³-hybridized carbons (Fsp3) is 0.375. The van der Waals surface area contributed by atoms with Gasteiger partial charge in [0.1, 0.15) is 0 Å². The molecule has 0 radical (unpaired) electrons. The van der Waals surface area contributed by atoms with Crippen LogP contribution in [-0.2, 0) is 16.0 Å². The Morgan fingerprint density at radius 1 is 1.15 bits per heavy atom. The summed E-state index contributed by atoms with van der Waals surface area (Å²) in [6.07, 6.45) is 3.95. The number of carbonyl (C=O) groups excluding carboxylic acids is 1. The number of benzene rings is 2. The largest absolute Gasteiger partial charge is 0.381 e. The Hall–Kier alpha value is -2.39. The molecule has 2 aromatic rings. The second-order valence-corrected chi connectivity index (χ2v) is 7.54. The number of amides is 1. The highest BCUT2D eigenvalue weighted by atomic mass is 16.5. The lowest BCUT2D eigenvalue weighted by Gasteiger charge is -2.36. The van der Waals surface area contributed by atoms with Gasteiger partial charge in [0.2, 0.25) is 5.91 Å². The highest BCUT2D eigenvalue weighted by Gasteiger charge is 2.40. The molecule has 1 amide bonds. The van der Waals surface area contributed by atoms with Crippen molar-refractivity contribution >= 4 is 5.91 Å². The van der Waals surface area contributed by atoms with E-state index in [1.54, 1.807) is 6.08 Å². The molecule has 1 heterocycles. The first kappa shape index (κ1) is 19.4. The quantitative estimate of drug-likeness (QED) is 0.761. The van der Waals surface area contributed by atoms with E-state index in [9.17, 15) is 4.79 Å². The van der Waals surface area contributed by atoms with Crippen molar-refractivity contribution in [1.29, 1.82) is 0 Å². The van der Waals surface area contributed by atoms with Gasteiger partial charge >= 0.3 is 0 Å². The van der Waals surface area contributed by atoms with Crippen LogP contribution in [0.5, 0.6) is 0 Å². The molecule has 1 aliphatic rings. The van der Waals surface area contributed by atoms with Crippen molar-refractivity contribution in [1.82, 2.24) is 5.32 Å².